The number of rotatable bonds is 7. The summed E-state index contributed by atoms with van der Waals surface area (Å²) in [6.07, 6.45) is 0.439. The molecule has 6 nitrogen and oxygen atoms in total. The maximum Gasteiger partial charge on any atom is 0.418 e. The summed E-state index contributed by atoms with van der Waals surface area (Å²) in [6, 6.07) is 6.12. The first-order valence-corrected chi connectivity index (χ1v) is 10.3. The molecule has 1 aliphatic heterocycles. The van der Waals surface area contributed by atoms with Gasteiger partial charge in [-0.2, -0.15) is 18.2 Å². The van der Waals surface area contributed by atoms with Crippen molar-refractivity contribution in [2.24, 2.45) is 0 Å². The van der Waals surface area contributed by atoms with Crippen LogP contribution in [0.1, 0.15) is 43.9 Å². The molecular formula is C21H29F3N6. The van der Waals surface area contributed by atoms with Crippen molar-refractivity contribution >= 4 is 23.1 Å². The fourth-order valence-electron chi connectivity index (χ4n) is 3.62. The molecule has 2 heterocycles. The number of likely N-dealkylation sites (N-methyl/N-ethyl adjacent to an activating group) is 1. The Balaban J connectivity index is 1.90. The van der Waals surface area contributed by atoms with Crippen LogP contribution in [0.3, 0.4) is 0 Å². The van der Waals surface area contributed by atoms with E-state index in [1.54, 1.807) is 0 Å². The van der Waals surface area contributed by atoms with E-state index in [1.807, 2.05) is 13.1 Å². The zero-order valence-electron chi connectivity index (χ0n) is 17.4. The van der Waals surface area contributed by atoms with Gasteiger partial charge in [-0.1, -0.05) is 13.3 Å². The van der Waals surface area contributed by atoms with E-state index in [-0.39, 0.29) is 11.4 Å². The van der Waals surface area contributed by atoms with Crippen molar-refractivity contribution in [1.82, 2.24) is 15.3 Å². The zero-order chi connectivity index (χ0) is 21.7. The minimum atomic E-state index is -4.52. The molecule has 0 saturated carbocycles. The summed E-state index contributed by atoms with van der Waals surface area (Å²) in [5, 5.41) is 6.26. The van der Waals surface area contributed by atoms with Crippen LogP contribution in [0.15, 0.2) is 24.3 Å². The van der Waals surface area contributed by atoms with Gasteiger partial charge in [0, 0.05) is 42.3 Å². The number of halogens is 3. The molecule has 3 rings (SSSR count). The first-order chi connectivity index (χ1) is 14.3. The predicted octanol–water partition coefficient (Wildman–Crippen LogP) is 4.35. The number of nitrogen functional groups attached to an aromatic ring is 1. The molecule has 1 fully saturated rings. The molecule has 1 unspecified atom stereocenters. The molecule has 1 aromatic carbocycles. The van der Waals surface area contributed by atoms with Crippen LogP contribution in [0.5, 0.6) is 0 Å². The molecule has 1 aromatic heterocycles. The summed E-state index contributed by atoms with van der Waals surface area (Å²) in [6.45, 7) is 3.83. The lowest BCUT2D eigenvalue weighted by Crippen LogP contribution is -2.44. The zero-order valence-corrected chi connectivity index (χ0v) is 17.4. The Labute approximate surface area is 175 Å². The Morgan fingerprint density at radius 1 is 1.23 bits per heavy atom. The fraction of sp³-hybridized carbons (Fsp3) is 0.524. The average Bonchev–Trinajstić information content (AvgIpc) is 2.72. The third-order valence-corrected chi connectivity index (χ3v) is 5.32. The van der Waals surface area contributed by atoms with E-state index in [4.69, 9.17) is 5.73 Å². The van der Waals surface area contributed by atoms with Crippen molar-refractivity contribution in [2.75, 3.05) is 36.1 Å². The van der Waals surface area contributed by atoms with Gasteiger partial charge < -0.3 is 21.3 Å². The van der Waals surface area contributed by atoms with Gasteiger partial charge in [-0.05, 0) is 50.9 Å². The van der Waals surface area contributed by atoms with Gasteiger partial charge in [-0.25, -0.2) is 4.98 Å². The third kappa shape index (κ3) is 5.53. The molecule has 1 saturated heterocycles. The second-order valence-corrected chi connectivity index (χ2v) is 7.64. The van der Waals surface area contributed by atoms with Crippen LogP contribution in [-0.4, -0.2) is 36.1 Å². The SMILES string of the molecule is CCCCc1cc(N2CCCC(NC)C2)nc(Nc2ccc(N)c(C(F)(F)F)c2)n1. The lowest BCUT2D eigenvalue weighted by molar-refractivity contribution is -0.136. The third-order valence-electron chi connectivity index (χ3n) is 5.32. The van der Waals surface area contributed by atoms with Gasteiger partial charge in [0.15, 0.2) is 0 Å². The molecule has 0 spiro atoms. The number of aryl methyl sites for hydroxylation is 1. The van der Waals surface area contributed by atoms with Gasteiger partial charge in [0.2, 0.25) is 5.95 Å². The van der Waals surface area contributed by atoms with Crippen molar-refractivity contribution in [3.05, 3.63) is 35.5 Å². The van der Waals surface area contributed by atoms with E-state index in [1.165, 1.54) is 12.1 Å². The topological polar surface area (TPSA) is 79.1 Å². The minimum Gasteiger partial charge on any atom is -0.398 e. The summed E-state index contributed by atoms with van der Waals surface area (Å²) in [5.74, 6) is 1.09. The highest BCUT2D eigenvalue weighted by molar-refractivity contribution is 5.63. The summed E-state index contributed by atoms with van der Waals surface area (Å²) >= 11 is 0. The van der Waals surface area contributed by atoms with Crippen LogP contribution < -0.4 is 21.3 Å². The second-order valence-electron chi connectivity index (χ2n) is 7.64. The minimum absolute atomic E-state index is 0.252. The highest BCUT2D eigenvalue weighted by Crippen LogP contribution is 2.35. The van der Waals surface area contributed by atoms with Crippen LogP contribution in [-0.2, 0) is 12.6 Å². The molecule has 30 heavy (non-hydrogen) atoms. The maximum absolute atomic E-state index is 13.2. The molecular weight excluding hydrogens is 393 g/mol. The molecule has 1 aliphatic rings. The number of nitrogens with two attached hydrogens (primary N) is 1. The van der Waals surface area contributed by atoms with E-state index in [0.29, 0.717) is 12.0 Å². The number of hydrogen-bond donors (Lipinski definition) is 3. The van der Waals surface area contributed by atoms with Crippen molar-refractivity contribution in [3.63, 3.8) is 0 Å². The van der Waals surface area contributed by atoms with Gasteiger partial charge in [-0.15, -0.1) is 0 Å². The first-order valence-electron chi connectivity index (χ1n) is 10.3. The van der Waals surface area contributed by atoms with Gasteiger partial charge in [0.25, 0.3) is 0 Å². The van der Waals surface area contributed by atoms with E-state index in [2.05, 4.69) is 32.4 Å². The van der Waals surface area contributed by atoms with Crippen molar-refractivity contribution in [2.45, 2.75) is 51.2 Å². The quantitative estimate of drug-likeness (QED) is 0.576. The molecule has 0 bridgehead atoms. The van der Waals surface area contributed by atoms with Crippen molar-refractivity contribution < 1.29 is 13.2 Å². The van der Waals surface area contributed by atoms with Gasteiger partial charge in [-0.3, -0.25) is 0 Å². The lowest BCUT2D eigenvalue weighted by atomic mass is 10.1. The molecule has 2 aromatic rings. The number of anilines is 4. The Kier molecular flexibility index (Phi) is 7.02. The number of aromatic nitrogens is 2. The number of hydrogen-bond acceptors (Lipinski definition) is 6. The molecule has 9 heteroatoms. The van der Waals surface area contributed by atoms with Crippen molar-refractivity contribution in [1.29, 1.82) is 0 Å². The maximum atomic E-state index is 13.2. The van der Waals surface area contributed by atoms with Crippen LogP contribution in [0.25, 0.3) is 0 Å². The summed E-state index contributed by atoms with van der Waals surface area (Å²) in [5.41, 5.74) is 5.45. The number of alkyl halides is 3. The fourth-order valence-corrected chi connectivity index (χ4v) is 3.62. The smallest absolute Gasteiger partial charge is 0.398 e. The van der Waals surface area contributed by atoms with E-state index < -0.39 is 11.7 Å². The molecule has 0 amide bonds. The summed E-state index contributed by atoms with van der Waals surface area (Å²) in [7, 11) is 1.95. The molecule has 0 aliphatic carbocycles. The van der Waals surface area contributed by atoms with Gasteiger partial charge in [0.1, 0.15) is 5.82 Å². The van der Waals surface area contributed by atoms with Crippen molar-refractivity contribution in [3.8, 4) is 0 Å². The lowest BCUT2D eigenvalue weighted by Gasteiger charge is -2.33. The van der Waals surface area contributed by atoms with Crippen LogP contribution in [0, 0.1) is 0 Å². The highest BCUT2D eigenvalue weighted by Gasteiger charge is 2.33. The molecule has 4 N–H and O–H groups in total. The number of piperidine rings is 1. The Hall–Kier alpha value is -2.55. The second kappa shape index (κ2) is 9.51. The van der Waals surface area contributed by atoms with E-state index >= 15 is 0 Å². The number of nitrogens with one attached hydrogen (secondary N) is 2. The van der Waals surface area contributed by atoms with Crippen LogP contribution in [0.2, 0.25) is 0 Å². The van der Waals surface area contributed by atoms with Crippen LogP contribution >= 0.6 is 0 Å². The Bertz CT molecular complexity index is 855. The number of nitrogens with zero attached hydrogens (tertiary/aromatic N) is 3. The number of unbranched alkanes of at least 4 members (excludes halogenated alkanes) is 1. The molecule has 1 atom stereocenters. The molecule has 0 radical (unpaired) electrons. The van der Waals surface area contributed by atoms with Crippen LogP contribution in [0.4, 0.5) is 36.3 Å². The predicted molar refractivity (Wildman–Crippen MR) is 114 cm³/mol. The Morgan fingerprint density at radius 3 is 2.73 bits per heavy atom. The number of benzene rings is 1. The highest BCUT2D eigenvalue weighted by atomic mass is 19.4. The standard InChI is InChI=1S/C21H29F3N6/c1-3-4-6-14-12-19(30-10-5-7-16(13-30)26-2)29-20(27-14)28-15-8-9-18(25)17(11-15)21(22,23)24/h8-9,11-12,16,26H,3-7,10,13,25H2,1-2H3,(H,27,28,29). The largest absolute Gasteiger partial charge is 0.418 e. The normalized spacial score (nSPS) is 17.2. The molecule has 164 valence electrons. The average molecular weight is 422 g/mol. The Morgan fingerprint density at radius 2 is 2.03 bits per heavy atom. The van der Waals surface area contributed by atoms with Gasteiger partial charge in [0.05, 0.1) is 5.56 Å². The summed E-state index contributed by atoms with van der Waals surface area (Å²) in [4.78, 5) is 11.3. The monoisotopic (exact) mass is 422 g/mol. The van der Waals surface area contributed by atoms with Gasteiger partial charge >= 0.3 is 6.18 Å². The van der Waals surface area contributed by atoms with E-state index in [9.17, 15) is 13.2 Å². The van der Waals surface area contributed by atoms with E-state index in [0.717, 1.165) is 62.8 Å². The summed E-state index contributed by atoms with van der Waals surface area (Å²) < 4.78 is 39.6. The first kappa shape index (κ1) is 22.1.